The van der Waals surface area contributed by atoms with Gasteiger partial charge in [-0.05, 0) is 44.7 Å². The Hall–Kier alpha value is -3.39. The molecule has 3 aromatic heterocycles. The predicted molar refractivity (Wildman–Crippen MR) is 128 cm³/mol. The lowest BCUT2D eigenvalue weighted by Gasteiger charge is -2.34. The van der Waals surface area contributed by atoms with Gasteiger partial charge in [0.05, 0.1) is 11.7 Å². The number of carbonyl (C=O) groups is 1. The zero-order chi connectivity index (χ0) is 22.5. The average molecular weight is 444 g/mol. The third-order valence-corrected chi connectivity index (χ3v) is 7.01. The number of nitrogens with zero attached hydrogens (tertiary/aromatic N) is 5. The van der Waals surface area contributed by atoms with E-state index in [1.54, 1.807) is 0 Å². The maximum atomic E-state index is 13.5. The fourth-order valence-electron chi connectivity index (χ4n) is 5.31. The second kappa shape index (κ2) is 7.88. The molecule has 6 rings (SSSR count). The summed E-state index contributed by atoms with van der Waals surface area (Å²) >= 11 is 0. The molecule has 0 spiro atoms. The Bertz CT molecular complexity index is 1310. The summed E-state index contributed by atoms with van der Waals surface area (Å²) in [6, 6.07) is 12.1. The van der Waals surface area contributed by atoms with Crippen molar-refractivity contribution >= 4 is 28.3 Å². The van der Waals surface area contributed by atoms with Crippen LogP contribution >= 0.6 is 0 Å². The molecule has 0 saturated carbocycles. The highest BCUT2D eigenvalue weighted by Crippen LogP contribution is 2.33. The number of piperidine rings is 1. The molecule has 4 aromatic rings. The van der Waals surface area contributed by atoms with E-state index in [0.29, 0.717) is 5.69 Å². The summed E-state index contributed by atoms with van der Waals surface area (Å²) in [6.45, 7) is 4.57. The molecule has 1 aromatic carbocycles. The summed E-state index contributed by atoms with van der Waals surface area (Å²) in [4.78, 5) is 26.0. The fourth-order valence-corrected chi connectivity index (χ4v) is 5.31. The molecule has 1 amide bonds. The SMILES string of the molecule is Cc1cn2nc(C3CCCCN3C(=O)c3cc4ccccc4[nH]3)cc2nc1N1CCC(N)C1. The number of aromatic amines is 1. The number of carbonyl (C=O) groups excluding carboxylic acids is 1. The Morgan fingerprint density at radius 3 is 2.85 bits per heavy atom. The molecule has 2 aliphatic heterocycles. The first kappa shape index (κ1) is 20.2. The van der Waals surface area contributed by atoms with Crippen LogP contribution in [-0.4, -0.2) is 56.1 Å². The van der Waals surface area contributed by atoms with Gasteiger partial charge in [-0.3, -0.25) is 4.79 Å². The van der Waals surface area contributed by atoms with Crippen LogP contribution < -0.4 is 10.6 Å². The number of fused-ring (bicyclic) bond motifs is 2. The highest BCUT2D eigenvalue weighted by atomic mass is 16.2. The van der Waals surface area contributed by atoms with Crippen molar-refractivity contribution in [2.75, 3.05) is 24.5 Å². The van der Waals surface area contributed by atoms with Gasteiger partial charge in [0.2, 0.25) is 0 Å². The number of rotatable bonds is 3. The molecule has 3 N–H and O–H groups in total. The quantitative estimate of drug-likeness (QED) is 0.506. The second-order valence-corrected chi connectivity index (χ2v) is 9.39. The number of aryl methyl sites for hydroxylation is 1. The average Bonchev–Trinajstić information content (AvgIpc) is 3.55. The number of hydrogen-bond acceptors (Lipinski definition) is 5. The van der Waals surface area contributed by atoms with Gasteiger partial charge in [-0.15, -0.1) is 0 Å². The molecule has 5 heterocycles. The van der Waals surface area contributed by atoms with Crippen molar-refractivity contribution in [2.45, 2.75) is 44.7 Å². The van der Waals surface area contributed by atoms with E-state index in [9.17, 15) is 4.79 Å². The molecule has 0 aliphatic carbocycles. The molecule has 0 radical (unpaired) electrons. The summed E-state index contributed by atoms with van der Waals surface area (Å²) in [5.74, 6) is 1.01. The van der Waals surface area contributed by atoms with Gasteiger partial charge in [0.15, 0.2) is 5.65 Å². The lowest BCUT2D eigenvalue weighted by molar-refractivity contribution is 0.0600. The molecule has 8 nitrogen and oxygen atoms in total. The number of amides is 1. The zero-order valence-electron chi connectivity index (χ0n) is 18.9. The minimum atomic E-state index is -0.0525. The largest absolute Gasteiger partial charge is 0.355 e. The van der Waals surface area contributed by atoms with E-state index in [1.807, 2.05) is 52.0 Å². The normalized spacial score (nSPS) is 21.4. The van der Waals surface area contributed by atoms with E-state index in [4.69, 9.17) is 15.8 Å². The third-order valence-electron chi connectivity index (χ3n) is 7.01. The van der Waals surface area contributed by atoms with Crippen LogP contribution in [0.5, 0.6) is 0 Å². The Labute approximate surface area is 192 Å². The van der Waals surface area contributed by atoms with Crippen molar-refractivity contribution in [1.29, 1.82) is 0 Å². The van der Waals surface area contributed by atoms with Crippen molar-refractivity contribution < 1.29 is 4.79 Å². The van der Waals surface area contributed by atoms with Crippen molar-refractivity contribution in [3.8, 4) is 0 Å². The van der Waals surface area contributed by atoms with Gasteiger partial charge in [0.25, 0.3) is 5.91 Å². The number of nitrogens with one attached hydrogen (secondary N) is 1. The van der Waals surface area contributed by atoms with Crippen molar-refractivity contribution in [1.82, 2.24) is 24.5 Å². The summed E-state index contributed by atoms with van der Waals surface area (Å²) in [5.41, 5.74) is 10.5. The molecule has 2 atom stereocenters. The van der Waals surface area contributed by atoms with Gasteiger partial charge in [0, 0.05) is 54.4 Å². The smallest absolute Gasteiger partial charge is 0.270 e. The van der Waals surface area contributed by atoms with Crippen LogP contribution in [0.3, 0.4) is 0 Å². The Morgan fingerprint density at radius 2 is 2.03 bits per heavy atom. The van der Waals surface area contributed by atoms with Crippen molar-refractivity contribution in [2.24, 2.45) is 5.73 Å². The van der Waals surface area contributed by atoms with E-state index in [-0.39, 0.29) is 18.0 Å². The van der Waals surface area contributed by atoms with Crippen LogP contribution in [-0.2, 0) is 0 Å². The number of H-pyrrole nitrogens is 1. The first-order valence-corrected chi connectivity index (χ1v) is 11.8. The molecule has 2 saturated heterocycles. The van der Waals surface area contributed by atoms with E-state index in [0.717, 1.165) is 78.9 Å². The first-order chi connectivity index (χ1) is 16.1. The fraction of sp³-hybridized carbons (Fsp3) is 0.400. The molecule has 2 aliphatic rings. The Kier molecular flexibility index (Phi) is 4.83. The van der Waals surface area contributed by atoms with Crippen LogP contribution in [0, 0.1) is 6.92 Å². The van der Waals surface area contributed by atoms with Crippen molar-refractivity contribution in [3.05, 3.63) is 59.5 Å². The molecule has 170 valence electrons. The van der Waals surface area contributed by atoms with Gasteiger partial charge in [-0.25, -0.2) is 9.50 Å². The van der Waals surface area contributed by atoms with Crippen LogP contribution in [0.1, 0.15) is 53.5 Å². The molecule has 33 heavy (non-hydrogen) atoms. The summed E-state index contributed by atoms with van der Waals surface area (Å²) < 4.78 is 1.85. The Balaban J connectivity index is 1.33. The zero-order valence-corrected chi connectivity index (χ0v) is 18.9. The summed E-state index contributed by atoms with van der Waals surface area (Å²) in [6.07, 6.45) is 6.02. The van der Waals surface area contributed by atoms with Crippen LogP contribution in [0.4, 0.5) is 5.82 Å². The highest BCUT2D eigenvalue weighted by Gasteiger charge is 2.32. The van der Waals surface area contributed by atoms with Crippen LogP contribution in [0.25, 0.3) is 16.6 Å². The van der Waals surface area contributed by atoms with E-state index < -0.39 is 0 Å². The predicted octanol–water partition coefficient (Wildman–Crippen LogP) is 3.42. The number of benzene rings is 1. The topological polar surface area (TPSA) is 95.5 Å². The maximum absolute atomic E-state index is 13.5. The van der Waals surface area contributed by atoms with E-state index >= 15 is 0 Å². The molecule has 2 unspecified atom stereocenters. The lowest BCUT2D eigenvalue weighted by Crippen LogP contribution is -2.38. The maximum Gasteiger partial charge on any atom is 0.270 e. The number of hydrogen-bond donors (Lipinski definition) is 2. The van der Waals surface area contributed by atoms with Crippen LogP contribution in [0.15, 0.2) is 42.6 Å². The number of para-hydroxylation sites is 1. The van der Waals surface area contributed by atoms with Gasteiger partial charge in [0.1, 0.15) is 11.5 Å². The summed E-state index contributed by atoms with van der Waals surface area (Å²) in [5, 5.41) is 5.91. The minimum Gasteiger partial charge on any atom is -0.355 e. The van der Waals surface area contributed by atoms with Gasteiger partial charge in [-0.1, -0.05) is 18.2 Å². The van der Waals surface area contributed by atoms with Gasteiger partial charge in [-0.2, -0.15) is 5.10 Å². The molecule has 0 bridgehead atoms. The lowest BCUT2D eigenvalue weighted by atomic mass is 9.99. The van der Waals surface area contributed by atoms with E-state index in [2.05, 4.69) is 16.8 Å². The molecule has 8 heteroatoms. The monoisotopic (exact) mass is 443 g/mol. The molecule has 2 fully saturated rings. The van der Waals surface area contributed by atoms with Gasteiger partial charge < -0.3 is 20.5 Å². The number of likely N-dealkylation sites (tertiary alicyclic amines) is 1. The number of aromatic nitrogens is 4. The van der Waals surface area contributed by atoms with Gasteiger partial charge >= 0.3 is 0 Å². The van der Waals surface area contributed by atoms with Crippen molar-refractivity contribution in [3.63, 3.8) is 0 Å². The number of anilines is 1. The third kappa shape index (κ3) is 3.54. The minimum absolute atomic E-state index is 0.0313. The van der Waals surface area contributed by atoms with E-state index in [1.165, 1.54) is 0 Å². The first-order valence-electron chi connectivity index (χ1n) is 11.8. The highest BCUT2D eigenvalue weighted by molar-refractivity contribution is 5.98. The van der Waals surface area contributed by atoms with Crippen LogP contribution in [0.2, 0.25) is 0 Å². The standard InChI is InChI=1S/C25H29N7O/c1-16-14-32-23(28-24(16)30-11-9-18(26)15-30)13-20(29-32)22-8-4-5-10-31(22)25(33)21-12-17-6-2-3-7-19(17)27-21/h2-3,6-7,12-14,18,22,27H,4-5,8-11,15,26H2,1H3. The molecular weight excluding hydrogens is 414 g/mol. The summed E-state index contributed by atoms with van der Waals surface area (Å²) in [7, 11) is 0. The Morgan fingerprint density at radius 1 is 1.15 bits per heavy atom. The number of nitrogens with two attached hydrogens (primary N) is 1. The second-order valence-electron chi connectivity index (χ2n) is 9.39. The molecular formula is C25H29N7O.